The van der Waals surface area contributed by atoms with Gasteiger partial charge in [-0.25, -0.2) is 4.68 Å². The first kappa shape index (κ1) is 21.4. The Morgan fingerprint density at radius 3 is 2.76 bits per heavy atom. The minimum atomic E-state index is -0.216. The van der Waals surface area contributed by atoms with E-state index in [1.54, 1.807) is 23.0 Å². The van der Waals surface area contributed by atoms with Gasteiger partial charge >= 0.3 is 0 Å². The highest BCUT2D eigenvalue weighted by atomic mass is 79.9. The Bertz CT molecular complexity index is 1010. The number of aromatic nitrogens is 4. The standard InChI is InChI=1S/C20H23BrClN5O2/c1-13-5-6-16(22)18(11-13)29-12-26-10-7-17(25-26)20(28)23-8-4-9-27-15(3)19(21)14(2)24-27/h5-7,10-11H,4,8-9,12H2,1-3H3,(H,23,28). The summed E-state index contributed by atoms with van der Waals surface area (Å²) in [5.74, 6) is 0.371. The number of nitrogens with zero attached hydrogens (tertiary/aromatic N) is 4. The Kier molecular flexibility index (Phi) is 6.97. The lowest BCUT2D eigenvalue weighted by molar-refractivity contribution is 0.0945. The van der Waals surface area contributed by atoms with E-state index in [1.807, 2.05) is 37.6 Å². The van der Waals surface area contributed by atoms with E-state index in [0.29, 0.717) is 23.0 Å². The Labute approximate surface area is 183 Å². The van der Waals surface area contributed by atoms with Crippen LogP contribution in [-0.4, -0.2) is 32.0 Å². The van der Waals surface area contributed by atoms with Crippen LogP contribution in [-0.2, 0) is 13.3 Å². The zero-order valence-electron chi connectivity index (χ0n) is 16.6. The second kappa shape index (κ2) is 9.45. The van der Waals surface area contributed by atoms with Crippen LogP contribution in [0.4, 0.5) is 0 Å². The van der Waals surface area contributed by atoms with Crippen LogP contribution in [0.15, 0.2) is 34.9 Å². The normalized spacial score (nSPS) is 10.9. The van der Waals surface area contributed by atoms with Crippen molar-refractivity contribution in [1.82, 2.24) is 24.9 Å². The van der Waals surface area contributed by atoms with E-state index in [0.717, 1.165) is 34.4 Å². The second-order valence-corrected chi connectivity index (χ2v) is 7.97. The third kappa shape index (κ3) is 5.39. The highest BCUT2D eigenvalue weighted by Crippen LogP contribution is 2.25. The van der Waals surface area contributed by atoms with Crippen molar-refractivity contribution in [3.8, 4) is 5.75 Å². The molecule has 0 radical (unpaired) electrons. The summed E-state index contributed by atoms with van der Waals surface area (Å²) in [5.41, 5.74) is 3.45. The van der Waals surface area contributed by atoms with Gasteiger partial charge in [-0.1, -0.05) is 17.7 Å². The topological polar surface area (TPSA) is 74.0 Å². The fourth-order valence-corrected chi connectivity index (χ4v) is 3.28. The fraction of sp³-hybridized carbons (Fsp3) is 0.350. The van der Waals surface area contributed by atoms with Crippen molar-refractivity contribution in [3.05, 3.63) is 62.6 Å². The molecule has 0 unspecified atom stereocenters. The van der Waals surface area contributed by atoms with Crippen molar-refractivity contribution in [2.24, 2.45) is 0 Å². The Morgan fingerprint density at radius 2 is 2.03 bits per heavy atom. The molecule has 0 atom stereocenters. The zero-order chi connectivity index (χ0) is 21.0. The number of halogens is 2. The van der Waals surface area contributed by atoms with Gasteiger partial charge in [0.2, 0.25) is 0 Å². The molecular formula is C20H23BrClN5O2. The minimum absolute atomic E-state index is 0.170. The number of carbonyl (C=O) groups excluding carboxylic acids is 1. The number of ether oxygens (including phenoxy) is 1. The van der Waals surface area contributed by atoms with E-state index >= 15 is 0 Å². The first-order chi connectivity index (χ1) is 13.8. The van der Waals surface area contributed by atoms with Crippen LogP contribution in [0.3, 0.4) is 0 Å². The predicted molar refractivity (Wildman–Crippen MR) is 115 cm³/mol. The Balaban J connectivity index is 1.46. The highest BCUT2D eigenvalue weighted by molar-refractivity contribution is 9.10. The number of hydrogen-bond acceptors (Lipinski definition) is 4. The van der Waals surface area contributed by atoms with E-state index in [9.17, 15) is 4.79 Å². The van der Waals surface area contributed by atoms with Crippen molar-refractivity contribution in [2.45, 2.75) is 40.5 Å². The van der Waals surface area contributed by atoms with E-state index < -0.39 is 0 Å². The molecule has 7 nitrogen and oxygen atoms in total. The number of nitrogens with one attached hydrogen (secondary N) is 1. The predicted octanol–water partition coefficient (Wildman–Crippen LogP) is 4.28. The molecular weight excluding hydrogens is 458 g/mol. The largest absolute Gasteiger partial charge is 0.470 e. The molecule has 0 aliphatic carbocycles. The van der Waals surface area contributed by atoms with E-state index in [-0.39, 0.29) is 12.6 Å². The summed E-state index contributed by atoms with van der Waals surface area (Å²) in [5, 5.41) is 12.1. The monoisotopic (exact) mass is 479 g/mol. The summed E-state index contributed by atoms with van der Waals surface area (Å²) in [4.78, 5) is 12.3. The van der Waals surface area contributed by atoms with Gasteiger partial charge in [0.25, 0.3) is 5.91 Å². The van der Waals surface area contributed by atoms with Gasteiger partial charge in [-0.3, -0.25) is 9.48 Å². The molecule has 1 amide bonds. The maximum absolute atomic E-state index is 12.3. The first-order valence-electron chi connectivity index (χ1n) is 9.25. The zero-order valence-corrected chi connectivity index (χ0v) is 18.9. The lowest BCUT2D eigenvalue weighted by Crippen LogP contribution is -2.26. The molecule has 0 spiro atoms. The van der Waals surface area contributed by atoms with Crippen LogP contribution in [0.1, 0.15) is 33.9 Å². The average Bonchev–Trinajstić information content (AvgIpc) is 3.27. The van der Waals surface area contributed by atoms with Crippen LogP contribution in [0, 0.1) is 20.8 Å². The third-order valence-electron chi connectivity index (χ3n) is 4.44. The lowest BCUT2D eigenvalue weighted by atomic mass is 10.2. The van der Waals surface area contributed by atoms with Gasteiger partial charge < -0.3 is 10.1 Å². The third-order valence-corrected chi connectivity index (χ3v) is 5.90. The molecule has 1 N–H and O–H groups in total. The van der Waals surface area contributed by atoms with Crippen LogP contribution in [0.25, 0.3) is 0 Å². The number of amides is 1. The van der Waals surface area contributed by atoms with Crippen LogP contribution < -0.4 is 10.1 Å². The van der Waals surface area contributed by atoms with E-state index in [2.05, 4.69) is 31.4 Å². The summed E-state index contributed by atoms with van der Waals surface area (Å²) in [6, 6.07) is 7.23. The van der Waals surface area contributed by atoms with Crippen molar-refractivity contribution in [1.29, 1.82) is 0 Å². The summed E-state index contributed by atoms with van der Waals surface area (Å²) >= 11 is 9.64. The molecule has 0 saturated heterocycles. The van der Waals surface area contributed by atoms with Crippen molar-refractivity contribution in [2.75, 3.05) is 6.54 Å². The van der Waals surface area contributed by atoms with Gasteiger partial charge in [0, 0.05) is 25.0 Å². The molecule has 2 heterocycles. The molecule has 29 heavy (non-hydrogen) atoms. The number of rotatable bonds is 8. The minimum Gasteiger partial charge on any atom is -0.470 e. The van der Waals surface area contributed by atoms with Crippen LogP contribution in [0.5, 0.6) is 5.75 Å². The highest BCUT2D eigenvalue weighted by Gasteiger charge is 2.11. The summed E-state index contributed by atoms with van der Waals surface area (Å²) < 4.78 is 10.2. The van der Waals surface area contributed by atoms with E-state index in [1.165, 1.54) is 0 Å². The molecule has 154 valence electrons. The number of aryl methyl sites for hydroxylation is 3. The maximum Gasteiger partial charge on any atom is 0.271 e. The molecule has 0 saturated carbocycles. The molecule has 2 aromatic heterocycles. The quantitative estimate of drug-likeness (QED) is 0.489. The average molecular weight is 481 g/mol. The van der Waals surface area contributed by atoms with E-state index in [4.69, 9.17) is 16.3 Å². The maximum atomic E-state index is 12.3. The molecule has 0 bridgehead atoms. The molecule has 9 heteroatoms. The van der Waals surface area contributed by atoms with Gasteiger partial charge in [0.15, 0.2) is 6.73 Å². The number of hydrogen-bond donors (Lipinski definition) is 1. The van der Waals surface area contributed by atoms with Crippen molar-refractivity contribution < 1.29 is 9.53 Å². The lowest BCUT2D eigenvalue weighted by Gasteiger charge is -2.09. The van der Waals surface area contributed by atoms with Crippen molar-refractivity contribution >= 4 is 33.4 Å². The Hall–Kier alpha value is -2.32. The summed E-state index contributed by atoms with van der Waals surface area (Å²) in [7, 11) is 0. The molecule has 3 aromatic rings. The van der Waals surface area contributed by atoms with Gasteiger partial charge in [-0.05, 0) is 66.9 Å². The van der Waals surface area contributed by atoms with Gasteiger partial charge in [-0.15, -0.1) is 0 Å². The summed E-state index contributed by atoms with van der Waals surface area (Å²) in [6.45, 7) is 7.38. The van der Waals surface area contributed by atoms with Gasteiger partial charge in [0.05, 0.1) is 15.2 Å². The molecule has 0 aliphatic rings. The van der Waals surface area contributed by atoms with Gasteiger partial charge in [0.1, 0.15) is 11.4 Å². The Morgan fingerprint density at radius 1 is 1.24 bits per heavy atom. The fourth-order valence-electron chi connectivity index (χ4n) is 2.83. The first-order valence-corrected chi connectivity index (χ1v) is 10.4. The number of carbonyl (C=O) groups is 1. The van der Waals surface area contributed by atoms with Crippen LogP contribution >= 0.6 is 27.5 Å². The smallest absolute Gasteiger partial charge is 0.271 e. The molecule has 0 fully saturated rings. The van der Waals surface area contributed by atoms with Crippen molar-refractivity contribution in [3.63, 3.8) is 0 Å². The number of benzene rings is 1. The molecule has 0 aliphatic heterocycles. The van der Waals surface area contributed by atoms with Gasteiger partial charge in [-0.2, -0.15) is 10.2 Å². The van der Waals surface area contributed by atoms with Crippen LogP contribution in [0.2, 0.25) is 5.02 Å². The molecule has 3 rings (SSSR count). The SMILES string of the molecule is Cc1ccc(Cl)c(OCn2ccc(C(=O)NCCCn3nc(C)c(Br)c3C)n2)c1. The second-order valence-electron chi connectivity index (χ2n) is 6.77. The summed E-state index contributed by atoms with van der Waals surface area (Å²) in [6.07, 6.45) is 2.47. The molecule has 1 aromatic carbocycles.